The van der Waals surface area contributed by atoms with Crippen molar-refractivity contribution in [2.24, 2.45) is 5.73 Å². The Morgan fingerprint density at radius 3 is 2.42 bits per heavy atom. The number of nitrogens with zero attached hydrogens (tertiary/aromatic N) is 1. The molecule has 5 nitrogen and oxygen atoms in total. The van der Waals surface area contributed by atoms with Crippen LogP contribution in [0.25, 0.3) is 0 Å². The molecule has 1 aromatic rings. The number of urea groups is 1. The molecule has 6 heteroatoms. The molecular formula is C13H18FN3O2. The van der Waals surface area contributed by atoms with Crippen LogP contribution in [0.5, 0.6) is 0 Å². The lowest BCUT2D eigenvalue weighted by Gasteiger charge is -2.27. The van der Waals surface area contributed by atoms with E-state index in [0.29, 0.717) is 6.54 Å². The highest BCUT2D eigenvalue weighted by Crippen LogP contribution is 2.19. The number of benzene rings is 1. The summed E-state index contributed by atoms with van der Waals surface area (Å²) < 4.78 is 12.9. The second-order valence-corrected chi connectivity index (χ2v) is 4.20. The second-order valence-electron chi connectivity index (χ2n) is 4.20. The fourth-order valence-electron chi connectivity index (χ4n) is 1.84. The molecule has 3 N–H and O–H groups in total. The molecule has 0 saturated heterocycles. The van der Waals surface area contributed by atoms with E-state index in [9.17, 15) is 14.0 Å². The number of primary amides is 1. The zero-order chi connectivity index (χ0) is 14.4. The average molecular weight is 267 g/mol. The van der Waals surface area contributed by atoms with Gasteiger partial charge in [0.25, 0.3) is 0 Å². The zero-order valence-corrected chi connectivity index (χ0v) is 11.0. The highest BCUT2D eigenvalue weighted by Gasteiger charge is 2.17. The summed E-state index contributed by atoms with van der Waals surface area (Å²) in [4.78, 5) is 23.9. The minimum Gasteiger partial charge on any atom is -0.351 e. The molecule has 0 aliphatic heterocycles. The monoisotopic (exact) mass is 267 g/mol. The molecular weight excluding hydrogens is 249 g/mol. The number of nitrogens with one attached hydrogen (secondary N) is 1. The number of nitrogens with two attached hydrogens (primary N) is 1. The van der Waals surface area contributed by atoms with E-state index < -0.39 is 11.9 Å². The molecule has 1 rings (SSSR count). The predicted molar refractivity (Wildman–Crippen MR) is 69.8 cm³/mol. The fourth-order valence-corrected chi connectivity index (χ4v) is 1.84. The number of hydrogen-bond acceptors (Lipinski definition) is 3. The summed E-state index contributed by atoms with van der Waals surface area (Å²) >= 11 is 0. The largest absolute Gasteiger partial charge is 0.351 e. The Balaban J connectivity index is 2.71. The smallest absolute Gasteiger partial charge is 0.318 e. The molecule has 1 atom stereocenters. The van der Waals surface area contributed by atoms with Gasteiger partial charge in [-0.2, -0.15) is 0 Å². The van der Waals surface area contributed by atoms with Crippen molar-refractivity contribution in [3.05, 3.63) is 35.6 Å². The molecule has 0 heterocycles. The topological polar surface area (TPSA) is 75.4 Å². The van der Waals surface area contributed by atoms with Crippen LogP contribution >= 0.6 is 0 Å². The van der Waals surface area contributed by atoms with E-state index in [4.69, 9.17) is 5.73 Å². The molecule has 0 saturated carbocycles. The third-order valence-electron chi connectivity index (χ3n) is 2.92. The molecule has 1 aromatic carbocycles. The number of hydrogen-bond donors (Lipinski definition) is 2. The van der Waals surface area contributed by atoms with E-state index in [-0.39, 0.29) is 18.4 Å². The standard InChI is InChI=1S/C13H18FN3O2/c1-3-17(8-12(18)16-13(15)19)9(2)10-4-6-11(14)7-5-10/h4-7,9H,3,8H2,1-2H3,(H3,15,16,18,19)/t9-/m1/s1. The maximum absolute atomic E-state index is 12.9. The van der Waals surface area contributed by atoms with E-state index in [1.165, 1.54) is 12.1 Å². The molecule has 0 aliphatic carbocycles. The van der Waals surface area contributed by atoms with E-state index in [0.717, 1.165) is 5.56 Å². The Morgan fingerprint density at radius 1 is 1.37 bits per heavy atom. The van der Waals surface area contributed by atoms with Gasteiger partial charge >= 0.3 is 6.03 Å². The van der Waals surface area contributed by atoms with Crippen LogP contribution in [0.3, 0.4) is 0 Å². The van der Waals surface area contributed by atoms with Crippen molar-refractivity contribution in [2.45, 2.75) is 19.9 Å². The van der Waals surface area contributed by atoms with Gasteiger partial charge in [-0.1, -0.05) is 19.1 Å². The fraction of sp³-hybridized carbons (Fsp3) is 0.385. The lowest BCUT2D eigenvalue weighted by molar-refractivity contribution is -0.121. The van der Waals surface area contributed by atoms with Crippen molar-refractivity contribution in [3.63, 3.8) is 0 Å². The van der Waals surface area contributed by atoms with E-state index in [1.807, 2.05) is 24.1 Å². The van der Waals surface area contributed by atoms with E-state index >= 15 is 0 Å². The summed E-state index contributed by atoms with van der Waals surface area (Å²) in [6.07, 6.45) is 0. The lowest BCUT2D eigenvalue weighted by Crippen LogP contribution is -2.43. The first-order chi connectivity index (χ1) is 8.93. The first kappa shape index (κ1) is 15.1. The Hall–Kier alpha value is -1.95. The van der Waals surface area contributed by atoms with Crippen molar-refractivity contribution in [1.82, 2.24) is 10.2 Å². The Labute approximate surface area is 111 Å². The van der Waals surface area contributed by atoms with Gasteiger partial charge in [-0.3, -0.25) is 15.0 Å². The Bertz CT molecular complexity index is 448. The molecule has 0 spiro atoms. The van der Waals surface area contributed by atoms with Crippen LogP contribution in [0.4, 0.5) is 9.18 Å². The first-order valence-corrected chi connectivity index (χ1v) is 6.02. The molecule has 0 aromatic heterocycles. The third kappa shape index (κ3) is 4.67. The highest BCUT2D eigenvalue weighted by molar-refractivity contribution is 5.94. The van der Waals surface area contributed by atoms with Crippen molar-refractivity contribution in [1.29, 1.82) is 0 Å². The number of likely N-dealkylation sites (N-methyl/N-ethyl adjacent to an activating group) is 1. The molecule has 0 radical (unpaired) electrons. The summed E-state index contributed by atoms with van der Waals surface area (Å²) in [6, 6.07) is 5.18. The summed E-state index contributed by atoms with van der Waals surface area (Å²) in [6.45, 7) is 4.48. The highest BCUT2D eigenvalue weighted by atomic mass is 19.1. The first-order valence-electron chi connectivity index (χ1n) is 6.02. The number of carbonyl (C=O) groups is 2. The minimum atomic E-state index is -0.865. The van der Waals surface area contributed by atoms with Gasteiger partial charge in [-0.15, -0.1) is 0 Å². The predicted octanol–water partition coefficient (Wildman–Crippen LogP) is 1.40. The van der Waals surface area contributed by atoms with Crippen LogP contribution in [0, 0.1) is 5.82 Å². The number of halogens is 1. The van der Waals surface area contributed by atoms with Crippen LogP contribution < -0.4 is 11.1 Å². The molecule has 3 amide bonds. The van der Waals surface area contributed by atoms with Gasteiger partial charge in [0, 0.05) is 6.04 Å². The molecule has 0 aliphatic rings. The maximum Gasteiger partial charge on any atom is 0.318 e. The quantitative estimate of drug-likeness (QED) is 0.846. The SMILES string of the molecule is CCN(CC(=O)NC(N)=O)[C@H](C)c1ccc(F)cc1. The van der Waals surface area contributed by atoms with Crippen LogP contribution in [0.1, 0.15) is 25.5 Å². The normalized spacial score (nSPS) is 12.2. The van der Waals surface area contributed by atoms with Crippen LogP contribution in [-0.2, 0) is 4.79 Å². The molecule has 19 heavy (non-hydrogen) atoms. The summed E-state index contributed by atoms with van der Waals surface area (Å²) in [7, 11) is 0. The summed E-state index contributed by atoms with van der Waals surface area (Å²) in [5.41, 5.74) is 5.78. The van der Waals surface area contributed by atoms with Gasteiger partial charge < -0.3 is 5.73 Å². The van der Waals surface area contributed by atoms with Gasteiger partial charge in [0.15, 0.2) is 0 Å². The second kappa shape index (κ2) is 6.84. The van der Waals surface area contributed by atoms with Crippen LogP contribution in [0.2, 0.25) is 0 Å². The molecule has 0 bridgehead atoms. The van der Waals surface area contributed by atoms with E-state index in [2.05, 4.69) is 0 Å². The zero-order valence-electron chi connectivity index (χ0n) is 11.0. The number of rotatable bonds is 5. The maximum atomic E-state index is 12.9. The van der Waals surface area contributed by atoms with E-state index in [1.54, 1.807) is 12.1 Å². The number of carbonyl (C=O) groups excluding carboxylic acids is 2. The Kier molecular flexibility index (Phi) is 5.44. The van der Waals surface area contributed by atoms with Gasteiger partial charge in [0.2, 0.25) is 5.91 Å². The van der Waals surface area contributed by atoms with Gasteiger partial charge in [-0.05, 0) is 31.2 Å². The van der Waals surface area contributed by atoms with Gasteiger partial charge in [0.1, 0.15) is 5.82 Å². The van der Waals surface area contributed by atoms with Crippen molar-refractivity contribution < 1.29 is 14.0 Å². The molecule has 0 fully saturated rings. The molecule has 0 unspecified atom stereocenters. The third-order valence-corrected chi connectivity index (χ3v) is 2.92. The van der Waals surface area contributed by atoms with Crippen molar-refractivity contribution in [2.75, 3.05) is 13.1 Å². The van der Waals surface area contributed by atoms with Gasteiger partial charge in [-0.25, -0.2) is 9.18 Å². The van der Waals surface area contributed by atoms with Crippen molar-refractivity contribution >= 4 is 11.9 Å². The average Bonchev–Trinajstić information content (AvgIpc) is 2.35. The minimum absolute atomic E-state index is 0.0536. The summed E-state index contributed by atoms with van der Waals surface area (Å²) in [5, 5.41) is 2.02. The number of amides is 3. The van der Waals surface area contributed by atoms with Crippen LogP contribution in [-0.4, -0.2) is 29.9 Å². The lowest BCUT2D eigenvalue weighted by atomic mass is 10.1. The summed E-state index contributed by atoms with van der Waals surface area (Å²) in [5.74, 6) is -0.756. The Morgan fingerprint density at radius 2 is 1.95 bits per heavy atom. The number of imide groups is 1. The van der Waals surface area contributed by atoms with Crippen molar-refractivity contribution in [3.8, 4) is 0 Å². The molecule has 104 valence electrons. The van der Waals surface area contributed by atoms with Crippen LogP contribution in [0.15, 0.2) is 24.3 Å². The van der Waals surface area contributed by atoms with Gasteiger partial charge in [0.05, 0.1) is 6.54 Å².